The molecule has 0 aromatic carbocycles. The zero-order valence-corrected chi connectivity index (χ0v) is 14.9. The lowest BCUT2D eigenvalue weighted by Gasteiger charge is -2.31. The molecule has 1 saturated carbocycles. The van der Waals surface area contributed by atoms with Crippen molar-refractivity contribution in [2.75, 3.05) is 13.6 Å². The minimum Gasteiger partial charge on any atom is -0.228 e. The van der Waals surface area contributed by atoms with Gasteiger partial charge in [0.05, 0.1) is 23.6 Å². The normalized spacial score (nSPS) is 19.2. The van der Waals surface area contributed by atoms with Crippen molar-refractivity contribution < 1.29 is 16.8 Å². The van der Waals surface area contributed by atoms with Gasteiger partial charge in [0.1, 0.15) is 0 Å². The van der Waals surface area contributed by atoms with Crippen molar-refractivity contribution in [2.45, 2.75) is 62.4 Å². The van der Waals surface area contributed by atoms with Gasteiger partial charge in [-0.2, -0.15) is 18.6 Å². The van der Waals surface area contributed by atoms with Crippen LogP contribution in [0.4, 0.5) is 0 Å². The van der Waals surface area contributed by atoms with Crippen molar-refractivity contribution in [1.29, 1.82) is 0 Å². The Morgan fingerprint density at radius 3 is 2.14 bits per heavy atom. The maximum atomic E-state index is 12.7. The van der Waals surface area contributed by atoms with E-state index in [4.69, 9.17) is 0 Å². The van der Waals surface area contributed by atoms with E-state index in [1.54, 1.807) is 13.8 Å². The second-order valence-corrected chi connectivity index (χ2v) is 10.1. The SMILES string of the molecule is CN=NS(=O)(=O)N=NCCC(C)(C)S(=O)(=O)C1CCCCC1. The fourth-order valence-corrected chi connectivity index (χ4v) is 5.22. The highest BCUT2D eigenvalue weighted by Crippen LogP contribution is 2.33. The summed E-state index contributed by atoms with van der Waals surface area (Å²) in [5, 5.41) is 6.35. The average Bonchev–Trinajstić information content (AvgIpc) is 2.44. The van der Waals surface area contributed by atoms with Gasteiger partial charge in [-0.3, -0.25) is 0 Å². The highest BCUT2D eigenvalue weighted by Gasteiger charge is 2.40. The van der Waals surface area contributed by atoms with Crippen molar-refractivity contribution in [3.63, 3.8) is 0 Å². The van der Waals surface area contributed by atoms with E-state index in [1.807, 2.05) is 0 Å². The van der Waals surface area contributed by atoms with Crippen LogP contribution in [-0.4, -0.2) is 40.4 Å². The van der Waals surface area contributed by atoms with Crippen LogP contribution in [0, 0.1) is 0 Å². The Bertz CT molecular complexity index is 618. The summed E-state index contributed by atoms with van der Waals surface area (Å²) in [7, 11) is -6.10. The molecule has 8 nitrogen and oxygen atoms in total. The van der Waals surface area contributed by atoms with E-state index < -0.39 is 24.8 Å². The minimum atomic E-state index is -4.04. The van der Waals surface area contributed by atoms with Gasteiger partial charge in [0.15, 0.2) is 9.84 Å². The average molecular weight is 352 g/mol. The number of rotatable bonds is 7. The first-order valence-electron chi connectivity index (χ1n) is 7.31. The number of nitrogens with zero attached hydrogens (tertiary/aromatic N) is 4. The van der Waals surface area contributed by atoms with Gasteiger partial charge in [0.25, 0.3) is 0 Å². The lowest BCUT2D eigenvalue weighted by atomic mass is 10.0. The Kier molecular flexibility index (Phi) is 6.60. The largest absolute Gasteiger partial charge is 0.397 e. The molecule has 1 rings (SSSR count). The molecule has 0 bridgehead atoms. The molecule has 22 heavy (non-hydrogen) atoms. The van der Waals surface area contributed by atoms with Crippen molar-refractivity contribution in [3.05, 3.63) is 0 Å². The smallest absolute Gasteiger partial charge is 0.228 e. The maximum Gasteiger partial charge on any atom is 0.397 e. The molecule has 0 radical (unpaired) electrons. The third-order valence-electron chi connectivity index (χ3n) is 3.92. The lowest BCUT2D eigenvalue weighted by Crippen LogP contribution is -2.41. The van der Waals surface area contributed by atoms with Gasteiger partial charge in [-0.15, -0.1) is 0 Å². The molecule has 0 aromatic rings. The van der Waals surface area contributed by atoms with Crippen molar-refractivity contribution >= 4 is 20.0 Å². The monoisotopic (exact) mass is 352 g/mol. The highest BCUT2D eigenvalue weighted by atomic mass is 32.2. The predicted octanol–water partition coefficient (Wildman–Crippen LogP) is 2.68. The maximum absolute atomic E-state index is 12.7. The van der Waals surface area contributed by atoms with E-state index in [0.29, 0.717) is 12.8 Å². The molecule has 0 heterocycles. The van der Waals surface area contributed by atoms with E-state index in [9.17, 15) is 16.8 Å². The van der Waals surface area contributed by atoms with Crippen LogP contribution in [0.2, 0.25) is 0 Å². The van der Waals surface area contributed by atoms with E-state index in [2.05, 4.69) is 19.3 Å². The Morgan fingerprint density at radius 2 is 1.59 bits per heavy atom. The standard InChI is InChI=1S/C12H24N4O4S2/c1-12(2,9-10-14-16-22(19,20)15-13-3)21(17,18)11-7-5-4-6-8-11/h11H,4-10H2,1-3H3. The van der Waals surface area contributed by atoms with Gasteiger partial charge in [-0.05, 0) is 42.1 Å². The highest BCUT2D eigenvalue weighted by molar-refractivity contribution is 7.93. The first kappa shape index (κ1) is 19.1. The van der Waals surface area contributed by atoms with Crippen molar-refractivity contribution in [1.82, 2.24) is 0 Å². The second kappa shape index (κ2) is 7.58. The van der Waals surface area contributed by atoms with E-state index in [-0.39, 0.29) is 18.2 Å². The van der Waals surface area contributed by atoms with Crippen LogP contribution in [0.5, 0.6) is 0 Å². The molecule has 0 aromatic heterocycles. The summed E-state index contributed by atoms with van der Waals surface area (Å²) in [6.45, 7) is 3.33. The van der Waals surface area contributed by atoms with Crippen LogP contribution in [0.15, 0.2) is 19.3 Å². The summed E-state index contributed by atoms with van der Waals surface area (Å²) in [5.74, 6) is 0. The van der Waals surface area contributed by atoms with Crippen LogP contribution in [0.3, 0.4) is 0 Å². The van der Waals surface area contributed by atoms with Gasteiger partial charge in [0, 0.05) is 0 Å². The van der Waals surface area contributed by atoms with Crippen molar-refractivity contribution in [2.24, 2.45) is 19.3 Å². The Morgan fingerprint density at radius 1 is 1.00 bits per heavy atom. The summed E-state index contributed by atoms with van der Waals surface area (Å²) < 4.78 is 52.7. The summed E-state index contributed by atoms with van der Waals surface area (Å²) in [6, 6.07) is 0. The van der Waals surface area contributed by atoms with Gasteiger partial charge in [-0.1, -0.05) is 19.3 Å². The number of hydrogen-bond acceptors (Lipinski definition) is 6. The van der Waals surface area contributed by atoms with Crippen molar-refractivity contribution in [3.8, 4) is 0 Å². The Labute approximate surface area is 132 Å². The summed E-state index contributed by atoms with van der Waals surface area (Å²) in [4.78, 5) is 0. The molecule has 0 saturated heterocycles. The Balaban J connectivity index is 2.68. The fourth-order valence-electron chi connectivity index (χ4n) is 2.52. The topological polar surface area (TPSA) is 118 Å². The molecule has 0 unspecified atom stereocenters. The van der Waals surface area contributed by atoms with E-state index in [0.717, 1.165) is 19.3 Å². The van der Waals surface area contributed by atoms with Gasteiger partial charge >= 0.3 is 10.2 Å². The van der Waals surface area contributed by atoms with Crippen LogP contribution in [-0.2, 0) is 20.0 Å². The molecule has 0 spiro atoms. The molecule has 1 fully saturated rings. The molecular weight excluding hydrogens is 328 g/mol. The molecular formula is C12H24N4O4S2. The zero-order valence-electron chi connectivity index (χ0n) is 13.3. The van der Waals surface area contributed by atoms with Gasteiger partial charge < -0.3 is 0 Å². The van der Waals surface area contributed by atoms with Crippen LogP contribution in [0.25, 0.3) is 0 Å². The molecule has 1 aliphatic rings. The Hall–Kier alpha value is -0.900. The quantitative estimate of drug-likeness (QED) is 0.654. The molecule has 0 aliphatic heterocycles. The number of sulfone groups is 1. The zero-order chi connectivity index (χ0) is 16.9. The molecule has 128 valence electrons. The molecule has 1 aliphatic carbocycles. The third-order valence-corrected chi connectivity index (χ3v) is 7.71. The van der Waals surface area contributed by atoms with Crippen LogP contribution >= 0.6 is 0 Å². The summed E-state index contributed by atoms with van der Waals surface area (Å²) >= 11 is 0. The predicted molar refractivity (Wildman–Crippen MR) is 83.9 cm³/mol. The summed E-state index contributed by atoms with van der Waals surface area (Å²) in [6.07, 6.45) is 4.61. The van der Waals surface area contributed by atoms with Crippen LogP contribution < -0.4 is 0 Å². The van der Waals surface area contributed by atoms with E-state index in [1.165, 1.54) is 7.05 Å². The third kappa shape index (κ3) is 5.08. The second-order valence-electron chi connectivity index (χ2n) is 5.99. The van der Waals surface area contributed by atoms with Crippen LogP contribution in [0.1, 0.15) is 52.4 Å². The van der Waals surface area contributed by atoms with Gasteiger partial charge in [0.2, 0.25) is 0 Å². The van der Waals surface area contributed by atoms with E-state index >= 15 is 0 Å². The first-order valence-corrected chi connectivity index (χ1v) is 10.2. The molecule has 0 N–H and O–H groups in total. The fraction of sp³-hybridized carbons (Fsp3) is 1.00. The van der Waals surface area contributed by atoms with Gasteiger partial charge in [-0.25, -0.2) is 8.42 Å². The molecule has 0 atom stereocenters. The number of hydrogen-bond donors (Lipinski definition) is 0. The first-order chi connectivity index (χ1) is 10.1. The minimum absolute atomic E-state index is 0.0113. The summed E-state index contributed by atoms with van der Waals surface area (Å²) in [5.41, 5.74) is 0. The lowest BCUT2D eigenvalue weighted by molar-refractivity contribution is 0.459. The molecule has 0 amide bonds. The molecule has 10 heteroatoms.